The Hall–Kier alpha value is -2.39. The Labute approximate surface area is 217 Å². The monoisotopic (exact) mass is 511 g/mol. The maximum Gasteiger partial charge on any atom is 0.345 e. The summed E-state index contributed by atoms with van der Waals surface area (Å²) < 4.78 is 17.4. The first-order valence-electron chi connectivity index (χ1n) is 13.6. The highest BCUT2D eigenvalue weighted by Crippen LogP contribution is 2.57. The van der Waals surface area contributed by atoms with Crippen molar-refractivity contribution >= 4 is 5.97 Å². The van der Waals surface area contributed by atoms with Crippen molar-refractivity contribution < 1.29 is 34.3 Å². The van der Waals surface area contributed by atoms with E-state index in [1.54, 1.807) is 0 Å². The standard InChI is InChI=1S/C29H37NO7/c1-16-5-3-6-18(11-16)24(33)21-7-4-9-29-10-8-17(13-30(21)29)12-22-23(29)19(14-31)26(36-22)27-25(35-2)20(15-32)28(34)37-27/h3,6,8,10,12,16-19,21,23-24,31-33H,4-5,7,9,11,13-15H2,1-2H3. The van der Waals surface area contributed by atoms with Gasteiger partial charge in [-0.25, -0.2) is 4.79 Å². The van der Waals surface area contributed by atoms with Gasteiger partial charge < -0.3 is 29.5 Å². The topological polar surface area (TPSA) is 109 Å². The first-order valence-corrected chi connectivity index (χ1v) is 13.6. The molecule has 0 saturated carbocycles. The van der Waals surface area contributed by atoms with Crippen LogP contribution in [-0.2, 0) is 19.0 Å². The zero-order valence-electron chi connectivity index (χ0n) is 21.5. The molecule has 0 aromatic heterocycles. The molecule has 8 unspecified atom stereocenters. The van der Waals surface area contributed by atoms with Crippen molar-refractivity contribution in [2.75, 3.05) is 26.9 Å². The Kier molecular flexibility index (Phi) is 6.34. The van der Waals surface area contributed by atoms with Gasteiger partial charge in [-0.3, -0.25) is 4.90 Å². The van der Waals surface area contributed by atoms with Crippen LogP contribution in [0.15, 0.2) is 59.0 Å². The van der Waals surface area contributed by atoms with Crippen LogP contribution in [0, 0.1) is 29.6 Å². The van der Waals surface area contributed by atoms with Crippen LogP contribution in [0.2, 0.25) is 0 Å². The molecule has 2 saturated heterocycles. The van der Waals surface area contributed by atoms with E-state index >= 15 is 0 Å². The number of nitrogens with zero attached hydrogens (tertiary/aromatic N) is 1. The number of piperidine rings is 1. The number of allylic oxidation sites excluding steroid dienone is 1. The molecule has 8 atom stereocenters. The van der Waals surface area contributed by atoms with E-state index in [2.05, 4.69) is 42.2 Å². The molecule has 0 radical (unpaired) electrons. The van der Waals surface area contributed by atoms with Gasteiger partial charge in [0.05, 0.1) is 43.8 Å². The first-order chi connectivity index (χ1) is 17.9. The second kappa shape index (κ2) is 9.42. The third-order valence-corrected chi connectivity index (χ3v) is 9.38. The van der Waals surface area contributed by atoms with Crippen molar-refractivity contribution in [2.45, 2.75) is 56.7 Å². The minimum Gasteiger partial charge on any atom is -0.492 e. The summed E-state index contributed by atoms with van der Waals surface area (Å²) in [7, 11) is 1.42. The number of aliphatic hydroxyl groups excluding tert-OH is 3. The average Bonchev–Trinajstić information content (AvgIpc) is 3.35. The maximum absolute atomic E-state index is 12.4. The van der Waals surface area contributed by atoms with Gasteiger partial charge in [-0.2, -0.15) is 0 Å². The van der Waals surface area contributed by atoms with Crippen molar-refractivity contribution in [3.05, 3.63) is 59.0 Å². The molecule has 2 aliphatic carbocycles. The van der Waals surface area contributed by atoms with Gasteiger partial charge in [0.15, 0.2) is 11.5 Å². The molecule has 2 fully saturated rings. The summed E-state index contributed by atoms with van der Waals surface area (Å²) in [6, 6.07) is 0.00433. The molecule has 37 heavy (non-hydrogen) atoms. The quantitative estimate of drug-likeness (QED) is 0.382. The van der Waals surface area contributed by atoms with Crippen LogP contribution in [0.4, 0.5) is 0 Å². The van der Waals surface area contributed by atoms with E-state index in [4.69, 9.17) is 14.2 Å². The number of esters is 1. The van der Waals surface area contributed by atoms with Gasteiger partial charge in [0.2, 0.25) is 5.76 Å². The van der Waals surface area contributed by atoms with Crippen LogP contribution in [0.25, 0.3) is 0 Å². The third-order valence-electron chi connectivity index (χ3n) is 9.38. The number of cyclic esters (lactones) is 1. The highest BCUT2D eigenvalue weighted by atomic mass is 16.6. The lowest BCUT2D eigenvalue weighted by atomic mass is 9.67. The Morgan fingerprint density at radius 2 is 2.11 bits per heavy atom. The van der Waals surface area contributed by atoms with Crippen LogP contribution in [0.1, 0.15) is 39.0 Å². The lowest BCUT2D eigenvalue weighted by Crippen LogP contribution is -2.65. The van der Waals surface area contributed by atoms with Crippen molar-refractivity contribution in [3.8, 4) is 0 Å². The molecule has 5 heterocycles. The fraction of sp³-hybridized carbons (Fsp3) is 0.621. The molecular weight excluding hydrogens is 474 g/mol. The van der Waals surface area contributed by atoms with E-state index < -0.39 is 30.1 Å². The van der Waals surface area contributed by atoms with E-state index in [9.17, 15) is 20.1 Å². The Bertz CT molecular complexity index is 1120. The minimum absolute atomic E-state index is 0.00433. The van der Waals surface area contributed by atoms with Crippen molar-refractivity contribution in [2.24, 2.45) is 29.6 Å². The molecule has 200 valence electrons. The largest absolute Gasteiger partial charge is 0.492 e. The van der Waals surface area contributed by atoms with Gasteiger partial charge in [0, 0.05) is 24.4 Å². The first kappa shape index (κ1) is 24.9. The number of hydrogen-bond acceptors (Lipinski definition) is 8. The van der Waals surface area contributed by atoms with Gasteiger partial charge in [-0.05, 0) is 44.1 Å². The minimum atomic E-state index is -0.667. The SMILES string of the molecule is COC1=C(CO)C(=O)OC1=C1OC2=CC3C=CC4(CCCC(C(O)C5C=CCC(C)C5)N4C3)C2C1CO. The Morgan fingerprint density at radius 1 is 1.27 bits per heavy atom. The zero-order valence-corrected chi connectivity index (χ0v) is 21.5. The molecule has 7 aliphatic rings. The number of rotatable bonds is 5. The summed E-state index contributed by atoms with van der Waals surface area (Å²) in [6.07, 6.45) is 15.4. The highest BCUT2D eigenvalue weighted by molar-refractivity contribution is 5.94. The highest BCUT2D eigenvalue weighted by Gasteiger charge is 2.60. The van der Waals surface area contributed by atoms with Crippen molar-refractivity contribution in [1.82, 2.24) is 4.90 Å². The molecule has 3 N–H and O–H groups in total. The second-order valence-corrected chi connectivity index (χ2v) is 11.5. The molecule has 5 aliphatic heterocycles. The molecule has 7 rings (SSSR count). The number of carbonyl (C=O) groups excluding carboxylic acids is 1. The number of methoxy groups -OCH3 is 1. The molecule has 8 nitrogen and oxygen atoms in total. The van der Waals surface area contributed by atoms with E-state index in [-0.39, 0.29) is 47.5 Å². The number of aliphatic hydroxyl groups is 3. The van der Waals surface area contributed by atoms with Crippen LogP contribution in [0.5, 0.6) is 0 Å². The number of hydrogen-bond donors (Lipinski definition) is 3. The number of carbonyl (C=O) groups is 1. The summed E-state index contributed by atoms with van der Waals surface area (Å²) in [5, 5.41) is 32.1. The molecule has 0 aromatic carbocycles. The average molecular weight is 512 g/mol. The van der Waals surface area contributed by atoms with E-state index in [1.165, 1.54) is 7.11 Å². The van der Waals surface area contributed by atoms with E-state index in [0.29, 0.717) is 11.7 Å². The van der Waals surface area contributed by atoms with E-state index in [1.807, 2.05) is 0 Å². The summed E-state index contributed by atoms with van der Waals surface area (Å²) in [5.74, 6) is 0.914. The predicted molar refractivity (Wildman–Crippen MR) is 134 cm³/mol. The smallest absolute Gasteiger partial charge is 0.345 e. The van der Waals surface area contributed by atoms with Gasteiger partial charge in [-0.1, -0.05) is 31.2 Å². The Balaban J connectivity index is 1.40. The molecule has 1 spiro atoms. The van der Waals surface area contributed by atoms with Crippen LogP contribution in [0.3, 0.4) is 0 Å². The van der Waals surface area contributed by atoms with E-state index in [0.717, 1.165) is 44.4 Å². The zero-order chi connectivity index (χ0) is 25.9. The third kappa shape index (κ3) is 3.75. The normalized spacial score (nSPS) is 41.6. The molecule has 0 amide bonds. The summed E-state index contributed by atoms with van der Waals surface area (Å²) in [5.41, 5.74) is -0.384. The van der Waals surface area contributed by atoms with Gasteiger partial charge in [0.1, 0.15) is 11.3 Å². The van der Waals surface area contributed by atoms with Crippen molar-refractivity contribution in [3.63, 3.8) is 0 Å². The Morgan fingerprint density at radius 3 is 2.84 bits per heavy atom. The molecule has 0 aromatic rings. The number of ether oxygens (including phenoxy) is 3. The summed E-state index contributed by atoms with van der Waals surface area (Å²) >= 11 is 0. The van der Waals surface area contributed by atoms with Crippen LogP contribution in [-0.4, -0.2) is 70.7 Å². The lowest BCUT2D eigenvalue weighted by Gasteiger charge is -2.56. The van der Waals surface area contributed by atoms with Crippen molar-refractivity contribution in [1.29, 1.82) is 0 Å². The maximum atomic E-state index is 12.4. The van der Waals surface area contributed by atoms with Gasteiger partial charge in [0.25, 0.3) is 0 Å². The van der Waals surface area contributed by atoms with Crippen LogP contribution >= 0.6 is 0 Å². The van der Waals surface area contributed by atoms with Gasteiger partial charge >= 0.3 is 5.97 Å². The summed E-state index contributed by atoms with van der Waals surface area (Å²) in [6.45, 7) is 2.33. The fourth-order valence-corrected chi connectivity index (χ4v) is 7.74. The molecular formula is C29H37NO7. The van der Waals surface area contributed by atoms with Crippen LogP contribution < -0.4 is 0 Å². The molecule has 2 bridgehead atoms. The molecule has 8 heteroatoms. The lowest BCUT2D eigenvalue weighted by molar-refractivity contribution is -0.134. The second-order valence-electron chi connectivity index (χ2n) is 11.5. The van der Waals surface area contributed by atoms with Gasteiger partial charge in [-0.15, -0.1) is 0 Å². The predicted octanol–water partition coefficient (Wildman–Crippen LogP) is 2.54. The fourth-order valence-electron chi connectivity index (χ4n) is 7.74. The summed E-state index contributed by atoms with van der Waals surface area (Å²) in [4.78, 5) is 14.9.